The number of morpholine rings is 4. The lowest BCUT2D eigenvalue weighted by Gasteiger charge is -2.48. The summed E-state index contributed by atoms with van der Waals surface area (Å²) in [4.78, 5) is 95.9. The zero-order chi connectivity index (χ0) is 81.8. The molecule has 0 aliphatic carbocycles. The number of Topliss-reactive ketones (excluding diaryl/α,β-unsaturated/α-hetero) is 1. The summed E-state index contributed by atoms with van der Waals surface area (Å²) in [5.74, 6) is -0.934. The van der Waals surface area contributed by atoms with Crippen LogP contribution in [0.15, 0.2) is 48.2 Å². The molecule has 13 rings (SSSR count). The highest BCUT2D eigenvalue weighted by Gasteiger charge is 2.52. The number of H-pyrrole nitrogens is 1. The molecule has 12 atom stereocenters. The Bertz CT molecular complexity index is 4720. The number of carbonyl (C=O) groups is 3. The van der Waals surface area contributed by atoms with Crippen LogP contribution >= 0.6 is 30.7 Å². The van der Waals surface area contributed by atoms with Crippen LogP contribution in [0.2, 0.25) is 0 Å². The Balaban J connectivity index is 0.764. The largest absolute Gasteiger partial charge is 0.447 e. The van der Waals surface area contributed by atoms with Gasteiger partial charge in [-0.25, -0.2) is 77.0 Å². The number of nitrogen functional groups attached to an aromatic ring is 3. The van der Waals surface area contributed by atoms with Crippen LogP contribution in [0.1, 0.15) is 44.9 Å². The zero-order valence-corrected chi connectivity index (χ0v) is 69.0. The van der Waals surface area contributed by atoms with Gasteiger partial charge in [0.2, 0.25) is 11.9 Å². The van der Waals surface area contributed by atoms with Gasteiger partial charge in [0, 0.05) is 89.8 Å². The summed E-state index contributed by atoms with van der Waals surface area (Å²) in [6.07, 6.45) is 0.128. The molecule has 47 nitrogen and oxygen atoms in total. The summed E-state index contributed by atoms with van der Waals surface area (Å²) in [5, 5.41) is 8.93. The zero-order valence-electron chi connectivity index (χ0n) is 65.4. The third-order valence-electron chi connectivity index (χ3n) is 20.7. The van der Waals surface area contributed by atoms with Crippen molar-refractivity contribution in [1.82, 2.24) is 111 Å². The summed E-state index contributed by atoms with van der Waals surface area (Å²) >= 11 is 0. The first-order valence-electron chi connectivity index (χ1n) is 37.6. The number of allylic oxidation sites excluding steroid dienone is 1. The summed E-state index contributed by atoms with van der Waals surface area (Å²) in [5.41, 5.74) is 26.2. The number of aromatic nitrogens is 12. The average molecular weight is 1690 g/mol. The lowest BCUT2D eigenvalue weighted by Crippen LogP contribution is -2.56. The number of imidazole rings is 3. The van der Waals surface area contributed by atoms with Crippen molar-refractivity contribution in [3.63, 3.8) is 0 Å². The van der Waals surface area contributed by atoms with E-state index in [1.54, 1.807) is 83.4 Å². The van der Waals surface area contributed by atoms with E-state index in [0.29, 0.717) is 42.7 Å². The molecule has 0 saturated carbocycles. The third kappa shape index (κ3) is 18.9. The monoisotopic (exact) mass is 1690 g/mol. The van der Waals surface area contributed by atoms with Gasteiger partial charge in [0.1, 0.15) is 55.2 Å². The average Bonchev–Trinajstić information content (AvgIpc) is 1.73. The number of hydrogen-bond donors (Lipinski definition) is 6. The topological polar surface area (TPSA) is 532 Å². The van der Waals surface area contributed by atoms with Gasteiger partial charge >= 0.3 is 36.8 Å². The number of ketones is 1. The van der Waals surface area contributed by atoms with E-state index in [-0.39, 0.29) is 177 Å². The molecule has 0 bridgehead atoms. The molecule has 6 fully saturated rings. The fraction of sp³-hybridized carbons (Fsp3) is 0.688. The van der Waals surface area contributed by atoms with Crippen molar-refractivity contribution in [2.45, 2.75) is 81.6 Å². The highest BCUT2D eigenvalue weighted by atomic mass is 31.2. The van der Waals surface area contributed by atoms with Crippen molar-refractivity contribution >= 4 is 99.5 Å². The van der Waals surface area contributed by atoms with Crippen LogP contribution < -0.4 is 28.5 Å². The highest BCUT2D eigenvalue weighted by molar-refractivity contribution is 7.55. The Morgan fingerprint density at radius 3 is 1.56 bits per heavy atom. The van der Waals surface area contributed by atoms with Gasteiger partial charge in [0.15, 0.2) is 39.9 Å². The number of amides is 2. The summed E-state index contributed by atoms with van der Waals surface area (Å²) in [7, 11) is -5.42. The molecular weight excluding hydrogens is 1590 g/mol. The molecular formula is C64H103N27O20P4. The van der Waals surface area contributed by atoms with Gasteiger partial charge in [-0.1, -0.05) is 0 Å². The molecule has 2 amide bonds. The standard InChI is InChI=1S/C64H103N27O20P4/c1-42-24-88(49(94)23-48(42)93)51-30-85(113(98,79(4)5)106-35-45-26-86(31-52(110-45)90-40-74-55-58(67)70-38-72-60(55)90)114(99,80(6)7)105-33-44-25-81(8)29-50(108-44)89-39-73-54-57(66)69-37-71-59(54)89)27-46(109-51)36-107-115(100,83-11-9-43(65)10-12-83)87-28-47(111-53(32-87)91-41-75-56-61(91)76-63(68)77-62(56)95)34-104-112(97,78(2)3)84-15-13-82(14-16-84)64(96)103-22-21-102-20-19-101-18-17-92/h24,37-41,43-47,50-53,92H,9-23,25-36,65H2,1-8H3,(H2,66,69,71)(H2,67,70,72)(H3,68,76,77,95). The predicted molar refractivity (Wildman–Crippen MR) is 412 cm³/mol. The van der Waals surface area contributed by atoms with Crippen LogP contribution in [0.5, 0.6) is 0 Å². The molecule has 634 valence electrons. The number of anilines is 3. The molecule has 6 aromatic heterocycles. The van der Waals surface area contributed by atoms with Crippen molar-refractivity contribution < 1.29 is 89.0 Å². The number of carbonyl (C=O) groups excluding carboxylic acids is 3. The smallest absolute Gasteiger partial charge is 0.409 e. The number of aromatic amines is 1. The second kappa shape index (κ2) is 36.7. The van der Waals surface area contributed by atoms with Crippen molar-refractivity contribution in [3.8, 4) is 0 Å². The molecule has 13 heterocycles. The lowest BCUT2D eigenvalue weighted by molar-refractivity contribution is -0.164. The fourth-order valence-corrected chi connectivity index (χ4v) is 23.1. The molecule has 7 aliphatic rings. The lowest BCUT2D eigenvalue weighted by atomic mass is 10.1. The van der Waals surface area contributed by atoms with E-state index >= 15 is 18.3 Å². The number of fused-ring (bicyclic) bond motifs is 3. The minimum atomic E-state index is -4.45. The van der Waals surface area contributed by atoms with Crippen molar-refractivity contribution in [1.29, 1.82) is 0 Å². The van der Waals surface area contributed by atoms with Crippen molar-refractivity contribution in [2.24, 2.45) is 5.73 Å². The number of piperidine rings is 1. The normalized spacial score (nSPS) is 26.3. The van der Waals surface area contributed by atoms with Gasteiger partial charge in [-0.15, -0.1) is 0 Å². The number of nitrogens with zero attached hydrogens (tertiary/aromatic N) is 22. The van der Waals surface area contributed by atoms with Crippen molar-refractivity contribution in [2.75, 3.05) is 224 Å². The number of aliphatic hydroxyl groups is 1. The minimum Gasteiger partial charge on any atom is -0.447 e. The maximum Gasteiger partial charge on any atom is 0.409 e. The molecule has 10 N–H and O–H groups in total. The fourth-order valence-electron chi connectivity index (χ4n) is 14.6. The Labute approximate surface area is 661 Å². The van der Waals surface area contributed by atoms with Crippen LogP contribution in [0.25, 0.3) is 33.5 Å². The maximum atomic E-state index is 16.9. The van der Waals surface area contributed by atoms with Gasteiger partial charge < -0.3 is 84.2 Å². The minimum absolute atomic E-state index is 0.0211. The molecule has 7 aliphatic heterocycles. The van der Waals surface area contributed by atoms with Gasteiger partial charge in [-0.3, -0.25) is 61.1 Å². The summed E-state index contributed by atoms with van der Waals surface area (Å²) in [6.45, 7) is 1.39. The van der Waals surface area contributed by atoms with E-state index in [1.807, 2.05) is 11.9 Å². The van der Waals surface area contributed by atoms with Gasteiger partial charge in [0.05, 0.1) is 129 Å². The molecule has 6 aromatic rings. The third-order valence-corrected chi connectivity index (χ3v) is 31.0. The Morgan fingerprint density at radius 2 is 1.01 bits per heavy atom. The number of nitrogens with one attached hydrogen (secondary N) is 1. The number of rotatable bonds is 32. The number of piperazine rings is 1. The molecule has 6 saturated heterocycles. The van der Waals surface area contributed by atoms with Crippen LogP contribution in [0.4, 0.5) is 22.4 Å². The number of aliphatic hydroxyl groups excluding tert-OH is 1. The first-order valence-corrected chi connectivity index (χ1v) is 43.7. The number of ether oxygens (including phenoxy) is 7. The van der Waals surface area contributed by atoms with E-state index in [9.17, 15) is 19.2 Å². The highest BCUT2D eigenvalue weighted by Crippen LogP contribution is 2.60. The van der Waals surface area contributed by atoms with Crippen LogP contribution in [0, 0.1) is 0 Å². The van der Waals surface area contributed by atoms with E-state index < -0.39 is 123 Å². The first-order chi connectivity index (χ1) is 55.0. The number of hydrogen-bond acceptors (Lipinski definition) is 33. The molecule has 0 spiro atoms. The van der Waals surface area contributed by atoms with Gasteiger partial charge in [-0.05, 0) is 69.1 Å². The second-order valence-corrected chi connectivity index (χ2v) is 39.5. The molecule has 0 radical (unpaired) electrons. The Hall–Kier alpha value is -6.92. The van der Waals surface area contributed by atoms with E-state index in [1.165, 1.54) is 64.6 Å². The number of likely N-dealkylation sites (N-methyl/N-ethyl adjacent to an activating group) is 1. The second-order valence-electron chi connectivity index (χ2n) is 29.3. The molecule has 0 aromatic carbocycles. The molecule has 115 heavy (non-hydrogen) atoms. The van der Waals surface area contributed by atoms with Crippen LogP contribution in [-0.4, -0.2) is 377 Å². The van der Waals surface area contributed by atoms with Crippen LogP contribution in [0.3, 0.4) is 0 Å². The van der Waals surface area contributed by atoms with Gasteiger partial charge in [0.25, 0.3) is 5.56 Å². The quantitative estimate of drug-likeness (QED) is 0.0182. The predicted octanol–water partition coefficient (Wildman–Crippen LogP) is -0.108. The Morgan fingerprint density at radius 1 is 0.548 bits per heavy atom. The van der Waals surface area contributed by atoms with E-state index in [4.69, 9.17) is 79.3 Å². The van der Waals surface area contributed by atoms with Gasteiger partial charge in [-0.2, -0.15) is 4.98 Å². The van der Waals surface area contributed by atoms with Crippen LogP contribution in [-0.2, 0) is 79.1 Å². The molecule has 51 heteroatoms. The maximum absolute atomic E-state index is 16.9. The summed E-state index contributed by atoms with van der Waals surface area (Å²) in [6, 6.07) is -0.260. The number of nitrogens with two attached hydrogens (primary N) is 4. The Kier molecular flexibility index (Phi) is 27.5. The van der Waals surface area contributed by atoms with E-state index in [0.717, 1.165) is 0 Å². The SMILES string of the molecule is CC1=CN(C2CN(P(=O)(OCC3CN(P(=O)(OCC4CN(C)CC(n5cnc6c(N)ncnc65)O4)N(C)C)CC(n4cnc5c(N)ncnc54)O3)N(C)C)CC(COP(=O)(N3CCC(N)CC3)N3CC(COP(=O)(N(C)C)N4CCN(C(=O)OCCOCCOCCO)CC4)OC(n4cnc5c(=O)[nH]c(N)nc54)C3)O2)C(=O)CC1=O. The van der Waals surface area contributed by atoms with Crippen molar-refractivity contribution in [3.05, 3.63) is 53.8 Å². The first kappa shape index (κ1) is 85.9. The summed E-state index contributed by atoms with van der Waals surface area (Å²) < 4.78 is 152. The van der Waals surface area contributed by atoms with E-state index in [2.05, 4.69) is 44.9 Å². The molecule has 12 unspecified atom stereocenters.